The summed E-state index contributed by atoms with van der Waals surface area (Å²) in [6, 6.07) is 16.5. The summed E-state index contributed by atoms with van der Waals surface area (Å²) in [5, 5.41) is 7.06. The van der Waals surface area contributed by atoms with E-state index in [-0.39, 0.29) is 0 Å². The summed E-state index contributed by atoms with van der Waals surface area (Å²) < 4.78 is 5.58. The van der Waals surface area contributed by atoms with Crippen molar-refractivity contribution in [3.63, 3.8) is 0 Å². The van der Waals surface area contributed by atoms with Gasteiger partial charge in [-0.25, -0.2) is 0 Å². The first-order valence-corrected chi connectivity index (χ1v) is 9.65. The van der Waals surface area contributed by atoms with Crippen molar-refractivity contribution in [1.29, 1.82) is 0 Å². The fourth-order valence-corrected chi connectivity index (χ4v) is 3.16. The third kappa shape index (κ3) is 6.42. The maximum Gasteiger partial charge on any atom is 0.170 e. The molecule has 3 nitrogen and oxygen atoms in total. The topological polar surface area (TPSA) is 33.3 Å². The number of nitrogens with one attached hydrogen (secondary N) is 2. The molecule has 0 aromatic heterocycles. The van der Waals surface area contributed by atoms with Gasteiger partial charge < -0.3 is 15.4 Å². The third-order valence-electron chi connectivity index (χ3n) is 3.36. The zero-order chi connectivity index (χ0) is 17.2. The van der Waals surface area contributed by atoms with Crippen molar-refractivity contribution in [2.24, 2.45) is 0 Å². The van der Waals surface area contributed by atoms with Crippen LogP contribution in [0.3, 0.4) is 0 Å². The number of hydrogen-bond donors (Lipinski definition) is 2. The Morgan fingerprint density at radius 2 is 1.88 bits per heavy atom. The van der Waals surface area contributed by atoms with Crippen LogP contribution in [-0.2, 0) is 5.75 Å². The molecule has 5 heteroatoms. The van der Waals surface area contributed by atoms with Gasteiger partial charge in [-0.05, 0) is 43.8 Å². The van der Waals surface area contributed by atoms with E-state index in [9.17, 15) is 0 Å². The Morgan fingerprint density at radius 3 is 2.62 bits per heavy atom. The monoisotopic (exact) mass is 360 g/mol. The lowest BCUT2D eigenvalue weighted by molar-refractivity contribution is 0.342. The van der Waals surface area contributed by atoms with Crippen LogP contribution >= 0.6 is 24.0 Å². The number of thioether (sulfide) groups is 1. The molecular weight excluding hydrogens is 336 g/mol. The molecule has 0 heterocycles. The van der Waals surface area contributed by atoms with Gasteiger partial charge in [-0.15, -0.1) is 0 Å². The van der Waals surface area contributed by atoms with Crippen molar-refractivity contribution in [3.05, 3.63) is 59.7 Å². The van der Waals surface area contributed by atoms with Crippen molar-refractivity contribution in [1.82, 2.24) is 5.32 Å². The molecule has 2 aromatic carbocycles. The summed E-state index contributed by atoms with van der Waals surface area (Å²) in [6.07, 6.45) is 0. The molecule has 0 aliphatic heterocycles. The van der Waals surface area contributed by atoms with Gasteiger partial charge in [0.2, 0.25) is 0 Å². The molecule has 0 fully saturated rings. The quantitative estimate of drug-likeness (QED) is 0.530. The smallest absolute Gasteiger partial charge is 0.170 e. The Kier molecular flexibility index (Phi) is 7.92. The maximum atomic E-state index is 5.58. The normalized spacial score (nSPS) is 10.2. The molecule has 0 radical (unpaired) electrons. The second kappa shape index (κ2) is 10.2. The lowest BCUT2D eigenvalue weighted by Crippen LogP contribution is -2.30. The first kappa shape index (κ1) is 18.6. The zero-order valence-electron chi connectivity index (χ0n) is 14.2. The SMILES string of the molecule is CCOc1ccccc1NC(=S)NCCSCc1ccc(C)cc1. The Hall–Kier alpha value is -1.72. The molecule has 0 saturated heterocycles. The number of anilines is 1. The number of ether oxygens (including phenoxy) is 1. The van der Waals surface area contributed by atoms with Crippen LogP contribution in [0.2, 0.25) is 0 Å². The highest BCUT2D eigenvalue weighted by Crippen LogP contribution is 2.23. The number of rotatable bonds is 8. The standard InChI is InChI=1S/C19H24N2OS2/c1-3-22-18-7-5-4-6-17(18)21-19(23)20-12-13-24-14-16-10-8-15(2)9-11-16/h4-11H,3,12-14H2,1-2H3,(H2,20,21,23). The number of thiocarbonyl (C=S) groups is 1. The first-order chi connectivity index (χ1) is 11.7. The van der Waals surface area contributed by atoms with E-state index in [4.69, 9.17) is 17.0 Å². The van der Waals surface area contributed by atoms with Crippen LogP contribution in [0.5, 0.6) is 5.75 Å². The van der Waals surface area contributed by atoms with Crippen molar-refractivity contribution >= 4 is 34.8 Å². The van der Waals surface area contributed by atoms with Gasteiger partial charge in [-0.1, -0.05) is 42.0 Å². The van der Waals surface area contributed by atoms with Gasteiger partial charge >= 0.3 is 0 Å². The van der Waals surface area contributed by atoms with Gasteiger partial charge in [0.15, 0.2) is 5.11 Å². The molecule has 24 heavy (non-hydrogen) atoms. The highest BCUT2D eigenvalue weighted by Gasteiger charge is 2.04. The van der Waals surface area contributed by atoms with Crippen LogP contribution in [-0.4, -0.2) is 24.0 Å². The van der Waals surface area contributed by atoms with E-state index in [1.807, 2.05) is 43.0 Å². The van der Waals surface area contributed by atoms with Crippen molar-refractivity contribution < 1.29 is 4.74 Å². The Balaban J connectivity index is 1.67. The van der Waals surface area contributed by atoms with Crippen LogP contribution in [0.25, 0.3) is 0 Å². The molecule has 2 rings (SSSR count). The van der Waals surface area contributed by atoms with E-state index in [2.05, 4.69) is 41.8 Å². The van der Waals surface area contributed by atoms with Gasteiger partial charge in [0, 0.05) is 18.1 Å². The number of hydrogen-bond acceptors (Lipinski definition) is 3. The predicted octanol–water partition coefficient (Wildman–Crippen LogP) is 4.61. The Morgan fingerprint density at radius 1 is 1.12 bits per heavy atom. The van der Waals surface area contributed by atoms with Crippen LogP contribution in [0.4, 0.5) is 5.69 Å². The van der Waals surface area contributed by atoms with Gasteiger partial charge in [0.25, 0.3) is 0 Å². The summed E-state index contributed by atoms with van der Waals surface area (Å²) in [6.45, 7) is 5.55. The molecule has 0 spiro atoms. The number of benzene rings is 2. The summed E-state index contributed by atoms with van der Waals surface area (Å²) in [7, 11) is 0. The van der Waals surface area contributed by atoms with Crippen LogP contribution in [0, 0.1) is 6.92 Å². The Bertz CT molecular complexity index is 644. The van der Waals surface area contributed by atoms with E-state index in [0.717, 1.165) is 29.5 Å². The fraction of sp³-hybridized carbons (Fsp3) is 0.316. The second-order valence-electron chi connectivity index (χ2n) is 5.35. The third-order valence-corrected chi connectivity index (χ3v) is 4.63. The lowest BCUT2D eigenvalue weighted by Gasteiger charge is -2.14. The van der Waals surface area contributed by atoms with Gasteiger partial charge in [-0.3, -0.25) is 0 Å². The maximum absolute atomic E-state index is 5.58. The second-order valence-corrected chi connectivity index (χ2v) is 6.86. The molecule has 0 aliphatic carbocycles. The van der Waals surface area contributed by atoms with E-state index < -0.39 is 0 Å². The van der Waals surface area contributed by atoms with Crippen molar-refractivity contribution in [2.75, 3.05) is 24.2 Å². The van der Waals surface area contributed by atoms with Gasteiger partial charge in [-0.2, -0.15) is 11.8 Å². The molecule has 0 bridgehead atoms. The van der Waals surface area contributed by atoms with Crippen molar-refractivity contribution in [3.8, 4) is 5.75 Å². The average molecular weight is 361 g/mol. The van der Waals surface area contributed by atoms with E-state index in [0.29, 0.717) is 11.7 Å². The number of aryl methyl sites for hydroxylation is 1. The van der Waals surface area contributed by atoms with Crippen LogP contribution in [0.15, 0.2) is 48.5 Å². The minimum Gasteiger partial charge on any atom is -0.492 e. The molecule has 2 aromatic rings. The minimum atomic E-state index is 0.623. The van der Waals surface area contributed by atoms with Gasteiger partial charge in [0.05, 0.1) is 12.3 Å². The van der Waals surface area contributed by atoms with E-state index in [1.165, 1.54) is 11.1 Å². The highest BCUT2D eigenvalue weighted by molar-refractivity contribution is 7.98. The molecule has 0 atom stereocenters. The summed E-state index contributed by atoms with van der Waals surface area (Å²) in [5.74, 6) is 2.84. The van der Waals surface area contributed by atoms with Crippen LogP contribution < -0.4 is 15.4 Å². The number of para-hydroxylation sites is 2. The van der Waals surface area contributed by atoms with Gasteiger partial charge in [0.1, 0.15) is 5.75 Å². The molecule has 0 aliphatic rings. The van der Waals surface area contributed by atoms with E-state index >= 15 is 0 Å². The predicted molar refractivity (Wildman–Crippen MR) is 109 cm³/mol. The minimum absolute atomic E-state index is 0.623. The summed E-state index contributed by atoms with van der Waals surface area (Å²) >= 11 is 7.25. The Labute approximate surface area is 154 Å². The summed E-state index contributed by atoms with van der Waals surface area (Å²) in [5.41, 5.74) is 3.55. The van der Waals surface area contributed by atoms with Crippen LogP contribution in [0.1, 0.15) is 18.1 Å². The molecule has 0 saturated carbocycles. The van der Waals surface area contributed by atoms with E-state index in [1.54, 1.807) is 0 Å². The van der Waals surface area contributed by atoms with Crippen molar-refractivity contribution in [2.45, 2.75) is 19.6 Å². The molecular formula is C19H24N2OS2. The lowest BCUT2D eigenvalue weighted by atomic mass is 10.2. The zero-order valence-corrected chi connectivity index (χ0v) is 15.8. The molecule has 0 unspecified atom stereocenters. The molecule has 0 amide bonds. The fourth-order valence-electron chi connectivity index (χ4n) is 2.13. The summed E-state index contributed by atoms with van der Waals surface area (Å²) in [4.78, 5) is 0. The molecule has 2 N–H and O–H groups in total. The average Bonchev–Trinajstić information content (AvgIpc) is 2.58. The largest absolute Gasteiger partial charge is 0.492 e. The highest BCUT2D eigenvalue weighted by atomic mass is 32.2. The molecule has 128 valence electrons. The first-order valence-electron chi connectivity index (χ1n) is 8.09.